The van der Waals surface area contributed by atoms with Crippen LogP contribution in [0.4, 0.5) is 10.5 Å². The molecule has 0 spiro atoms. The van der Waals surface area contributed by atoms with Crippen molar-refractivity contribution in [2.24, 2.45) is 0 Å². The summed E-state index contributed by atoms with van der Waals surface area (Å²) in [4.78, 5) is 34.5. The molecule has 0 heterocycles. The molecule has 0 aliphatic heterocycles. The number of nitrogens with zero attached hydrogens (tertiary/aromatic N) is 1. The third-order valence-corrected chi connectivity index (χ3v) is 6.81. The van der Waals surface area contributed by atoms with Crippen LogP contribution < -0.4 is 4.74 Å². The van der Waals surface area contributed by atoms with Crippen molar-refractivity contribution in [1.29, 1.82) is 0 Å². The first kappa shape index (κ1) is 34.4. The molecule has 0 radical (unpaired) electrons. The lowest BCUT2D eigenvalue weighted by atomic mass is 10.0. The Morgan fingerprint density at radius 2 is 1.26 bits per heavy atom. The zero-order valence-corrected chi connectivity index (χ0v) is 24.3. The van der Waals surface area contributed by atoms with Crippen LogP contribution >= 0.6 is 0 Å². The van der Waals surface area contributed by atoms with Crippen LogP contribution in [0.5, 0.6) is 5.75 Å². The number of ether oxygens (including phenoxy) is 3. The lowest BCUT2D eigenvalue weighted by molar-refractivity contribution is -0.384. The molecule has 0 aliphatic rings. The number of esters is 1. The normalized spacial score (nSPS) is 11.6. The number of nitro benzene ring substituents is 1. The summed E-state index contributed by atoms with van der Waals surface area (Å²) < 4.78 is 16.2. The number of hydrogen-bond acceptors (Lipinski definition) is 7. The Labute approximate surface area is 235 Å². The zero-order valence-electron chi connectivity index (χ0n) is 24.3. The monoisotopic (exact) mass is 549 g/mol. The molecule has 8 nitrogen and oxygen atoms in total. The minimum Gasteiger partial charge on any atom is -0.466 e. The third kappa shape index (κ3) is 19.1. The van der Waals surface area contributed by atoms with Gasteiger partial charge in [-0.25, -0.2) is 4.79 Å². The molecule has 8 heteroatoms. The van der Waals surface area contributed by atoms with Crippen molar-refractivity contribution in [2.45, 2.75) is 142 Å². The summed E-state index contributed by atoms with van der Waals surface area (Å²) >= 11 is 0. The molecule has 222 valence electrons. The summed E-state index contributed by atoms with van der Waals surface area (Å²) in [5.41, 5.74) is -0.0621. The predicted octanol–water partition coefficient (Wildman–Crippen LogP) is 9.47. The van der Waals surface area contributed by atoms with Crippen molar-refractivity contribution in [3.8, 4) is 5.75 Å². The van der Waals surface area contributed by atoms with E-state index in [1.54, 1.807) is 0 Å². The van der Waals surface area contributed by atoms with Crippen molar-refractivity contribution >= 4 is 17.8 Å². The average Bonchev–Trinajstić information content (AvgIpc) is 2.92. The lowest BCUT2D eigenvalue weighted by Gasteiger charge is -2.17. The summed E-state index contributed by atoms with van der Waals surface area (Å²) in [7, 11) is 0. The number of benzene rings is 1. The highest BCUT2D eigenvalue weighted by Crippen LogP contribution is 2.20. The number of carbonyl (C=O) groups excluding carboxylic acids is 2. The summed E-state index contributed by atoms with van der Waals surface area (Å²) in [6, 6.07) is 5.38. The van der Waals surface area contributed by atoms with Gasteiger partial charge in [-0.3, -0.25) is 14.9 Å². The van der Waals surface area contributed by atoms with E-state index in [-0.39, 0.29) is 23.5 Å². The van der Waals surface area contributed by atoms with E-state index < -0.39 is 11.1 Å². The second kappa shape index (κ2) is 23.3. The van der Waals surface area contributed by atoms with Gasteiger partial charge < -0.3 is 14.2 Å². The Morgan fingerprint density at radius 3 is 1.85 bits per heavy atom. The van der Waals surface area contributed by atoms with E-state index in [9.17, 15) is 19.7 Å². The minimum atomic E-state index is -0.771. The maximum absolute atomic E-state index is 12.3. The standard InChI is InChI=1S/C31H51NO7/c1-3-5-7-9-14-18-26-37-30(33)21-17-13-11-10-12-16-20-28(19-15-8-6-4-2)38-31(34)39-29-24-22-27(23-25-29)32(35)36/h22-25,28H,3-21,26H2,1-2H3. The fourth-order valence-corrected chi connectivity index (χ4v) is 4.44. The van der Waals surface area contributed by atoms with Crippen molar-refractivity contribution in [1.82, 2.24) is 0 Å². The maximum Gasteiger partial charge on any atom is 0.514 e. The minimum absolute atomic E-state index is 0.0621. The van der Waals surface area contributed by atoms with Gasteiger partial charge in [-0.05, 0) is 50.7 Å². The molecule has 1 rings (SSSR count). The predicted molar refractivity (Wildman–Crippen MR) is 154 cm³/mol. The van der Waals surface area contributed by atoms with Gasteiger partial charge in [-0.2, -0.15) is 0 Å². The molecule has 0 N–H and O–H groups in total. The van der Waals surface area contributed by atoms with Gasteiger partial charge in [0, 0.05) is 18.6 Å². The molecular formula is C31H51NO7. The van der Waals surface area contributed by atoms with Crippen molar-refractivity contribution in [2.75, 3.05) is 6.61 Å². The molecule has 1 aromatic carbocycles. The van der Waals surface area contributed by atoms with Gasteiger partial charge in [0.05, 0.1) is 11.5 Å². The number of carbonyl (C=O) groups is 2. The summed E-state index contributed by atoms with van der Waals surface area (Å²) in [6.45, 7) is 4.92. The Hall–Kier alpha value is -2.64. The van der Waals surface area contributed by atoms with Gasteiger partial charge in [0.2, 0.25) is 0 Å². The van der Waals surface area contributed by atoms with E-state index >= 15 is 0 Å². The van der Waals surface area contributed by atoms with Gasteiger partial charge in [0.1, 0.15) is 11.9 Å². The molecule has 0 amide bonds. The second-order valence-corrected chi connectivity index (χ2v) is 10.3. The van der Waals surface area contributed by atoms with Crippen LogP contribution in [0.3, 0.4) is 0 Å². The van der Waals surface area contributed by atoms with Crippen LogP contribution in [0, 0.1) is 10.1 Å². The topological polar surface area (TPSA) is 105 Å². The van der Waals surface area contributed by atoms with Crippen LogP contribution in [0.25, 0.3) is 0 Å². The maximum atomic E-state index is 12.3. The molecule has 39 heavy (non-hydrogen) atoms. The highest BCUT2D eigenvalue weighted by Gasteiger charge is 2.17. The van der Waals surface area contributed by atoms with Crippen LogP contribution in [-0.4, -0.2) is 29.8 Å². The van der Waals surface area contributed by atoms with Crippen molar-refractivity contribution in [3.63, 3.8) is 0 Å². The number of hydrogen-bond donors (Lipinski definition) is 0. The van der Waals surface area contributed by atoms with Crippen LogP contribution in [0.2, 0.25) is 0 Å². The Balaban J connectivity index is 2.20. The van der Waals surface area contributed by atoms with E-state index in [2.05, 4.69) is 13.8 Å². The van der Waals surface area contributed by atoms with Gasteiger partial charge >= 0.3 is 12.1 Å². The number of unbranched alkanes of at least 4 members (excludes halogenated alkanes) is 13. The van der Waals surface area contributed by atoms with E-state index in [4.69, 9.17) is 14.2 Å². The fraction of sp³-hybridized carbons (Fsp3) is 0.742. The smallest absolute Gasteiger partial charge is 0.466 e. The highest BCUT2D eigenvalue weighted by molar-refractivity contribution is 5.69. The molecule has 1 atom stereocenters. The largest absolute Gasteiger partial charge is 0.514 e. The first-order chi connectivity index (χ1) is 19.0. The number of rotatable bonds is 24. The first-order valence-electron chi connectivity index (χ1n) is 15.2. The lowest BCUT2D eigenvalue weighted by Crippen LogP contribution is -2.21. The van der Waals surface area contributed by atoms with E-state index in [0.717, 1.165) is 89.9 Å². The Bertz CT molecular complexity index is 782. The Kier molecular flexibility index (Phi) is 20.5. The average molecular weight is 550 g/mol. The number of nitro groups is 1. The van der Waals surface area contributed by atoms with Gasteiger partial charge in [0.25, 0.3) is 5.69 Å². The molecule has 0 saturated heterocycles. The van der Waals surface area contributed by atoms with Gasteiger partial charge in [-0.15, -0.1) is 0 Å². The summed E-state index contributed by atoms with van der Waals surface area (Å²) in [6.07, 6.45) is 18.7. The second-order valence-electron chi connectivity index (χ2n) is 10.3. The highest BCUT2D eigenvalue weighted by atomic mass is 16.7. The fourth-order valence-electron chi connectivity index (χ4n) is 4.44. The molecule has 1 aromatic rings. The molecule has 0 aliphatic carbocycles. The molecule has 0 aromatic heterocycles. The SMILES string of the molecule is CCCCCCCCOC(=O)CCCCCCCCC(CCCCCC)OC(=O)Oc1ccc([N+](=O)[O-])cc1. The molecular weight excluding hydrogens is 498 g/mol. The van der Waals surface area contributed by atoms with Crippen LogP contribution in [-0.2, 0) is 14.3 Å². The quantitative estimate of drug-likeness (QED) is 0.0415. The Morgan fingerprint density at radius 1 is 0.744 bits per heavy atom. The summed E-state index contributed by atoms with van der Waals surface area (Å²) in [5.74, 6) is 0.147. The van der Waals surface area contributed by atoms with Crippen molar-refractivity contribution in [3.05, 3.63) is 34.4 Å². The third-order valence-electron chi connectivity index (χ3n) is 6.81. The van der Waals surface area contributed by atoms with Crippen molar-refractivity contribution < 1.29 is 28.7 Å². The van der Waals surface area contributed by atoms with E-state index in [1.807, 2.05) is 0 Å². The van der Waals surface area contributed by atoms with Crippen LogP contribution in [0.1, 0.15) is 136 Å². The van der Waals surface area contributed by atoms with E-state index in [1.165, 1.54) is 49.9 Å². The molecule has 0 saturated carbocycles. The zero-order chi connectivity index (χ0) is 28.6. The number of non-ortho nitro benzene ring substituents is 1. The first-order valence-corrected chi connectivity index (χ1v) is 15.2. The molecule has 1 unspecified atom stereocenters. The van der Waals surface area contributed by atoms with E-state index in [0.29, 0.717) is 13.0 Å². The molecule has 0 fully saturated rings. The van der Waals surface area contributed by atoms with Crippen LogP contribution in [0.15, 0.2) is 24.3 Å². The molecule has 0 bridgehead atoms. The van der Waals surface area contributed by atoms with Gasteiger partial charge in [0.15, 0.2) is 0 Å². The summed E-state index contributed by atoms with van der Waals surface area (Å²) in [5, 5.41) is 10.8. The van der Waals surface area contributed by atoms with Gasteiger partial charge in [-0.1, -0.05) is 90.9 Å².